The summed E-state index contributed by atoms with van der Waals surface area (Å²) in [6.07, 6.45) is 0.587. The van der Waals surface area contributed by atoms with Gasteiger partial charge in [-0.1, -0.05) is 48.8 Å². The van der Waals surface area contributed by atoms with Crippen LogP contribution in [0.4, 0.5) is 0 Å². The molecule has 0 aliphatic carbocycles. The summed E-state index contributed by atoms with van der Waals surface area (Å²) in [7, 11) is 0. The van der Waals surface area contributed by atoms with Crippen molar-refractivity contribution in [3.8, 4) is 0 Å². The number of hydrogen-bond acceptors (Lipinski definition) is 5. The maximum atomic E-state index is 12.0. The molecule has 2 N–H and O–H groups in total. The number of Topliss-reactive ketones (excluding diaryl/α,β-unsaturated/α-hetero) is 1. The van der Waals surface area contributed by atoms with Gasteiger partial charge in [-0.25, -0.2) is 10.9 Å². The van der Waals surface area contributed by atoms with Gasteiger partial charge in [0.15, 0.2) is 12.4 Å². The molecule has 120 valence electrons. The van der Waals surface area contributed by atoms with Crippen LogP contribution in [-0.4, -0.2) is 24.4 Å². The van der Waals surface area contributed by atoms with Crippen molar-refractivity contribution in [3.63, 3.8) is 0 Å². The lowest BCUT2D eigenvalue weighted by atomic mass is 9.91. The molecule has 0 spiro atoms. The second-order valence-corrected chi connectivity index (χ2v) is 7.38. The van der Waals surface area contributed by atoms with E-state index in [4.69, 9.17) is 4.74 Å². The van der Waals surface area contributed by atoms with Gasteiger partial charge in [-0.05, 0) is 24.1 Å². The van der Waals surface area contributed by atoms with Crippen LogP contribution in [0.2, 0.25) is 0 Å². The lowest BCUT2D eigenvalue weighted by Gasteiger charge is -2.17. The number of nitrogens with one attached hydrogen (secondary N) is 2. The highest BCUT2D eigenvalue weighted by molar-refractivity contribution is 9.10. The van der Waals surface area contributed by atoms with Crippen molar-refractivity contribution in [2.24, 2.45) is 5.41 Å². The number of hydrogen-bond donors (Lipinski definition) is 2. The molecular formula is C16H21BrN2O3. The van der Waals surface area contributed by atoms with Crippen LogP contribution in [0, 0.1) is 5.41 Å². The quantitative estimate of drug-likeness (QED) is 0.799. The van der Waals surface area contributed by atoms with Gasteiger partial charge < -0.3 is 4.74 Å². The van der Waals surface area contributed by atoms with Gasteiger partial charge in [-0.3, -0.25) is 9.59 Å². The highest BCUT2D eigenvalue weighted by Gasteiger charge is 2.32. The maximum Gasteiger partial charge on any atom is 0.325 e. The lowest BCUT2D eigenvalue weighted by molar-refractivity contribution is -0.151. The molecule has 2 atom stereocenters. The molecule has 0 bridgehead atoms. The number of carbonyl (C=O) groups excluding carboxylic acids is 2. The minimum absolute atomic E-state index is 0.0453. The molecule has 0 amide bonds. The molecule has 6 heteroatoms. The topological polar surface area (TPSA) is 67.4 Å². The van der Waals surface area contributed by atoms with Crippen LogP contribution >= 0.6 is 15.9 Å². The lowest BCUT2D eigenvalue weighted by Crippen LogP contribution is -2.38. The zero-order valence-electron chi connectivity index (χ0n) is 13.0. The second-order valence-electron chi connectivity index (χ2n) is 6.46. The summed E-state index contributed by atoms with van der Waals surface area (Å²) in [4.78, 5) is 23.8. The third-order valence-corrected chi connectivity index (χ3v) is 4.17. The van der Waals surface area contributed by atoms with E-state index < -0.39 is 17.4 Å². The van der Waals surface area contributed by atoms with Crippen LogP contribution in [0.15, 0.2) is 28.7 Å². The van der Waals surface area contributed by atoms with E-state index in [2.05, 4.69) is 26.8 Å². The molecule has 1 aliphatic heterocycles. The van der Waals surface area contributed by atoms with Crippen LogP contribution < -0.4 is 10.9 Å². The molecule has 1 heterocycles. The van der Waals surface area contributed by atoms with Crippen molar-refractivity contribution >= 4 is 27.7 Å². The molecule has 5 nitrogen and oxygen atoms in total. The number of ether oxygens (including phenoxy) is 1. The van der Waals surface area contributed by atoms with Crippen molar-refractivity contribution < 1.29 is 14.3 Å². The predicted molar refractivity (Wildman–Crippen MR) is 87.0 cm³/mol. The Kier molecular flexibility index (Phi) is 5.36. The first-order valence-corrected chi connectivity index (χ1v) is 8.03. The van der Waals surface area contributed by atoms with Crippen molar-refractivity contribution in [3.05, 3.63) is 34.3 Å². The third-order valence-electron chi connectivity index (χ3n) is 3.64. The second kappa shape index (κ2) is 6.89. The number of ketones is 1. The summed E-state index contributed by atoms with van der Waals surface area (Å²) in [5, 5.41) is 0. The smallest absolute Gasteiger partial charge is 0.325 e. The predicted octanol–water partition coefficient (Wildman–Crippen LogP) is 2.52. The molecule has 1 aromatic carbocycles. The molecule has 1 aliphatic rings. The van der Waals surface area contributed by atoms with E-state index in [0.717, 1.165) is 10.0 Å². The van der Waals surface area contributed by atoms with Crippen molar-refractivity contribution in [1.82, 2.24) is 10.9 Å². The Labute approximate surface area is 138 Å². The third kappa shape index (κ3) is 4.38. The van der Waals surface area contributed by atoms with E-state index >= 15 is 0 Å². The highest BCUT2D eigenvalue weighted by atomic mass is 79.9. The molecule has 1 saturated heterocycles. The average Bonchev–Trinajstić information content (AvgIpc) is 2.94. The Bertz CT molecular complexity index is 552. The van der Waals surface area contributed by atoms with Gasteiger partial charge in [0.05, 0.1) is 0 Å². The van der Waals surface area contributed by atoms with Crippen LogP contribution in [0.3, 0.4) is 0 Å². The average molecular weight is 369 g/mol. The molecule has 0 saturated carbocycles. The minimum Gasteiger partial charge on any atom is -0.456 e. The van der Waals surface area contributed by atoms with Gasteiger partial charge in [0.25, 0.3) is 0 Å². The van der Waals surface area contributed by atoms with Gasteiger partial charge in [0.1, 0.15) is 6.04 Å². The Morgan fingerprint density at radius 3 is 2.45 bits per heavy atom. The van der Waals surface area contributed by atoms with Gasteiger partial charge in [0, 0.05) is 15.9 Å². The van der Waals surface area contributed by atoms with E-state index in [9.17, 15) is 9.59 Å². The van der Waals surface area contributed by atoms with Crippen molar-refractivity contribution in [2.45, 2.75) is 39.3 Å². The normalized spacial score (nSPS) is 21.6. The summed E-state index contributed by atoms with van der Waals surface area (Å²) < 4.78 is 6.13. The SMILES string of the molecule is CC(C)(C)C(=O)COC(=O)C1CC(c2ccc(Br)cc2)NN1. The largest absolute Gasteiger partial charge is 0.456 e. The van der Waals surface area contributed by atoms with E-state index in [1.165, 1.54) is 0 Å². The van der Waals surface area contributed by atoms with E-state index in [-0.39, 0.29) is 18.4 Å². The number of esters is 1. The number of carbonyl (C=O) groups is 2. The maximum absolute atomic E-state index is 12.0. The molecule has 0 aromatic heterocycles. The van der Waals surface area contributed by atoms with Gasteiger partial charge >= 0.3 is 5.97 Å². The fourth-order valence-corrected chi connectivity index (χ4v) is 2.34. The molecule has 2 rings (SSSR count). The Balaban J connectivity index is 1.86. The number of benzene rings is 1. The highest BCUT2D eigenvalue weighted by Crippen LogP contribution is 2.24. The molecule has 1 aromatic rings. The van der Waals surface area contributed by atoms with Crippen LogP contribution in [0.5, 0.6) is 0 Å². The fraction of sp³-hybridized carbons (Fsp3) is 0.500. The molecule has 0 radical (unpaired) electrons. The first-order chi connectivity index (χ1) is 10.3. The summed E-state index contributed by atoms with van der Waals surface area (Å²) in [6, 6.07) is 7.53. The number of rotatable bonds is 4. The Hall–Kier alpha value is -1.24. The van der Waals surface area contributed by atoms with E-state index in [0.29, 0.717) is 6.42 Å². The molecule has 1 fully saturated rings. The van der Waals surface area contributed by atoms with Gasteiger partial charge in [-0.2, -0.15) is 0 Å². The molecule has 2 unspecified atom stereocenters. The van der Waals surface area contributed by atoms with Crippen molar-refractivity contribution in [2.75, 3.05) is 6.61 Å². The number of hydrazine groups is 1. The summed E-state index contributed by atoms with van der Waals surface area (Å²) in [6.45, 7) is 5.25. The zero-order chi connectivity index (χ0) is 16.3. The standard InChI is InChI=1S/C16H21BrN2O3/c1-16(2,3)14(20)9-22-15(21)13-8-12(18-19-13)10-4-6-11(17)7-5-10/h4-7,12-13,18-19H,8-9H2,1-3H3. The van der Waals surface area contributed by atoms with E-state index in [1.807, 2.05) is 45.0 Å². The molecular weight excluding hydrogens is 348 g/mol. The van der Waals surface area contributed by atoms with Crippen LogP contribution in [0.1, 0.15) is 38.8 Å². The van der Waals surface area contributed by atoms with Crippen molar-refractivity contribution in [1.29, 1.82) is 0 Å². The van der Waals surface area contributed by atoms with Gasteiger partial charge in [0.2, 0.25) is 0 Å². The summed E-state index contributed by atoms with van der Waals surface area (Å²) >= 11 is 3.40. The minimum atomic E-state index is -0.498. The number of halogens is 1. The Morgan fingerprint density at radius 1 is 1.23 bits per heavy atom. The van der Waals surface area contributed by atoms with Gasteiger partial charge in [-0.15, -0.1) is 0 Å². The van der Waals surface area contributed by atoms with Crippen LogP contribution in [-0.2, 0) is 14.3 Å². The van der Waals surface area contributed by atoms with Crippen LogP contribution in [0.25, 0.3) is 0 Å². The Morgan fingerprint density at radius 2 is 1.86 bits per heavy atom. The monoisotopic (exact) mass is 368 g/mol. The van der Waals surface area contributed by atoms with E-state index in [1.54, 1.807) is 0 Å². The fourth-order valence-electron chi connectivity index (χ4n) is 2.08. The molecule has 22 heavy (non-hydrogen) atoms. The zero-order valence-corrected chi connectivity index (χ0v) is 14.6. The first-order valence-electron chi connectivity index (χ1n) is 7.24. The summed E-state index contributed by atoms with van der Waals surface area (Å²) in [5.41, 5.74) is 6.62. The summed E-state index contributed by atoms with van der Waals surface area (Å²) in [5.74, 6) is -0.485. The first kappa shape index (κ1) is 17.1.